The molecular formula is C21H22F2N10O. The molecule has 1 aliphatic heterocycles. The largest absolute Gasteiger partial charge is 0.319 e. The van der Waals surface area contributed by atoms with Crippen LogP contribution in [0.2, 0.25) is 0 Å². The number of amides is 1. The third kappa shape index (κ3) is 3.48. The Hall–Kier alpha value is -3.87. The maximum Gasteiger partial charge on any atom is 0.284 e. The zero-order valence-corrected chi connectivity index (χ0v) is 18.1. The van der Waals surface area contributed by atoms with Crippen molar-refractivity contribution in [2.75, 3.05) is 23.5 Å². The van der Waals surface area contributed by atoms with Gasteiger partial charge in [0.1, 0.15) is 11.3 Å². The second-order valence-corrected chi connectivity index (χ2v) is 8.38. The van der Waals surface area contributed by atoms with Crippen LogP contribution in [0.15, 0.2) is 36.9 Å². The van der Waals surface area contributed by atoms with Crippen LogP contribution in [0.3, 0.4) is 0 Å². The topological polar surface area (TPSA) is 110 Å². The molecular weight excluding hydrogens is 446 g/mol. The predicted octanol–water partition coefficient (Wildman–Crippen LogP) is 2.55. The van der Waals surface area contributed by atoms with Crippen molar-refractivity contribution in [1.82, 2.24) is 39.7 Å². The molecule has 0 atom stereocenters. The van der Waals surface area contributed by atoms with E-state index >= 15 is 0 Å². The zero-order chi connectivity index (χ0) is 23.2. The van der Waals surface area contributed by atoms with Gasteiger partial charge in [-0.25, -0.2) is 28.8 Å². The highest BCUT2D eigenvalue weighted by atomic mass is 19.3. The lowest BCUT2D eigenvalue weighted by Gasteiger charge is -2.25. The smallest absolute Gasteiger partial charge is 0.284 e. The van der Waals surface area contributed by atoms with E-state index < -0.39 is 18.0 Å². The third-order valence-corrected chi connectivity index (χ3v) is 6.23. The number of rotatable bonds is 6. The van der Waals surface area contributed by atoms with Crippen molar-refractivity contribution < 1.29 is 13.6 Å². The number of fused-ring (bicyclic) bond motifs is 1. The van der Waals surface area contributed by atoms with Crippen molar-refractivity contribution in [3.05, 3.63) is 48.2 Å². The van der Waals surface area contributed by atoms with Crippen molar-refractivity contribution in [2.45, 2.75) is 38.2 Å². The van der Waals surface area contributed by atoms with Crippen LogP contribution in [0.1, 0.15) is 54.2 Å². The second-order valence-electron chi connectivity index (χ2n) is 8.38. The molecule has 1 saturated heterocycles. The first kappa shape index (κ1) is 20.7. The quantitative estimate of drug-likeness (QED) is 0.448. The number of anilines is 1. The molecule has 2 fully saturated rings. The number of hydrazine groups is 1. The molecule has 0 bridgehead atoms. The van der Waals surface area contributed by atoms with E-state index in [0.717, 1.165) is 44.5 Å². The molecule has 1 saturated carbocycles. The number of carbonyl (C=O) groups is 1. The molecule has 6 rings (SSSR count). The molecule has 11 nitrogen and oxygen atoms in total. The van der Waals surface area contributed by atoms with Crippen LogP contribution >= 0.6 is 0 Å². The van der Waals surface area contributed by atoms with Crippen LogP contribution in [-0.2, 0) is 0 Å². The molecule has 1 aliphatic carbocycles. The minimum absolute atomic E-state index is 0.000545. The van der Waals surface area contributed by atoms with E-state index in [1.807, 2.05) is 11.2 Å². The molecule has 4 aromatic heterocycles. The van der Waals surface area contributed by atoms with Crippen LogP contribution in [-0.4, -0.2) is 53.3 Å². The van der Waals surface area contributed by atoms with Crippen LogP contribution in [0.5, 0.6) is 0 Å². The lowest BCUT2D eigenvalue weighted by molar-refractivity contribution is 0.102. The van der Waals surface area contributed by atoms with E-state index in [2.05, 4.69) is 31.0 Å². The van der Waals surface area contributed by atoms with Gasteiger partial charge in [-0.15, -0.1) is 0 Å². The summed E-state index contributed by atoms with van der Waals surface area (Å²) in [6.45, 7) is 1.66. The van der Waals surface area contributed by atoms with Crippen LogP contribution in [0.25, 0.3) is 17.0 Å². The fraction of sp³-hybridized carbons (Fsp3) is 0.381. The van der Waals surface area contributed by atoms with E-state index in [9.17, 15) is 13.6 Å². The Kier molecular flexibility index (Phi) is 4.98. The summed E-state index contributed by atoms with van der Waals surface area (Å²) >= 11 is 0. The Labute approximate surface area is 192 Å². The number of halogens is 2. The molecule has 2 N–H and O–H groups in total. The van der Waals surface area contributed by atoms with Crippen LogP contribution in [0.4, 0.5) is 14.5 Å². The molecule has 176 valence electrons. The highest BCUT2D eigenvalue weighted by Gasteiger charge is 2.27. The predicted molar refractivity (Wildman–Crippen MR) is 118 cm³/mol. The maximum absolute atomic E-state index is 13.6. The number of aromatic nitrogens is 7. The van der Waals surface area contributed by atoms with Gasteiger partial charge < -0.3 is 5.32 Å². The molecule has 2 aliphatic rings. The lowest BCUT2D eigenvalue weighted by Crippen LogP contribution is -2.41. The molecule has 4 aromatic rings. The molecule has 5 heterocycles. The fourth-order valence-electron chi connectivity index (χ4n) is 4.22. The minimum Gasteiger partial charge on any atom is -0.319 e. The highest BCUT2D eigenvalue weighted by Crippen LogP contribution is 2.34. The molecule has 13 heteroatoms. The van der Waals surface area contributed by atoms with Crippen LogP contribution < -0.4 is 15.9 Å². The summed E-state index contributed by atoms with van der Waals surface area (Å²) in [7, 11) is 0. The Morgan fingerprint density at radius 2 is 2.09 bits per heavy atom. The van der Waals surface area contributed by atoms with Gasteiger partial charge in [0.05, 0.1) is 36.4 Å². The first-order chi connectivity index (χ1) is 16.6. The van der Waals surface area contributed by atoms with Gasteiger partial charge in [0.25, 0.3) is 12.3 Å². The summed E-state index contributed by atoms with van der Waals surface area (Å²) in [5.41, 5.74) is 4.63. The van der Waals surface area contributed by atoms with Crippen molar-refractivity contribution in [3.8, 4) is 11.4 Å². The number of hydrogen-bond donors (Lipinski definition) is 2. The molecule has 0 spiro atoms. The first-order valence-corrected chi connectivity index (χ1v) is 11.2. The molecule has 34 heavy (non-hydrogen) atoms. The summed E-state index contributed by atoms with van der Waals surface area (Å²) in [6, 6.07) is 3.71. The van der Waals surface area contributed by atoms with Crippen LogP contribution in [0, 0.1) is 0 Å². The number of nitrogens with zero attached hydrogens (tertiary/aromatic N) is 8. The number of alkyl halides is 2. The fourth-order valence-corrected chi connectivity index (χ4v) is 4.22. The Morgan fingerprint density at radius 3 is 2.82 bits per heavy atom. The van der Waals surface area contributed by atoms with Gasteiger partial charge >= 0.3 is 0 Å². The average molecular weight is 468 g/mol. The zero-order valence-electron chi connectivity index (χ0n) is 18.1. The summed E-state index contributed by atoms with van der Waals surface area (Å²) < 4.78 is 30.1. The third-order valence-electron chi connectivity index (χ3n) is 6.23. The second kappa shape index (κ2) is 8.17. The normalized spacial score (nSPS) is 16.5. The summed E-state index contributed by atoms with van der Waals surface area (Å²) in [5, 5.41) is 17.1. The first-order valence-electron chi connectivity index (χ1n) is 11.2. The molecule has 1 amide bonds. The van der Waals surface area contributed by atoms with Crippen molar-refractivity contribution in [3.63, 3.8) is 0 Å². The van der Waals surface area contributed by atoms with Gasteiger partial charge in [-0.05, 0) is 37.8 Å². The van der Waals surface area contributed by atoms with Gasteiger partial charge in [0.2, 0.25) is 0 Å². The van der Waals surface area contributed by atoms with Crippen molar-refractivity contribution in [2.24, 2.45) is 0 Å². The number of nitrogens with one attached hydrogen (secondary N) is 2. The monoisotopic (exact) mass is 468 g/mol. The van der Waals surface area contributed by atoms with E-state index in [4.69, 9.17) is 0 Å². The molecule has 0 radical (unpaired) electrons. The maximum atomic E-state index is 13.6. The van der Waals surface area contributed by atoms with Gasteiger partial charge in [0, 0.05) is 18.9 Å². The van der Waals surface area contributed by atoms with Gasteiger partial charge in [0.15, 0.2) is 11.3 Å². The summed E-state index contributed by atoms with van der Waals surface area (Å²) in [4.78, 5) is 19.4. The van der Waals surface area contributed by atoms with Crippen molar-refractivity contribution in [1.29, 1.82) is 0 Å². The molecule has 0 unspecified atom stereocenters. The Morgan fingerprint density at radius 1 is 1.21 bits per heavy atom. The Balaban J connectivity index is 1.32. The summed E-state index contributed by atoms with van der Waals surface area (Å²) in [5.74, 6) is -0.579. The van der Waals surface area contributed by atoms with E-state index in [1.54, 1.807) is 23.3 Å². The number of carbonyl (C=O) groups excluding carboxylic acids is 1. The van der Waals surface area contributed by atoms with Crippen molar-refractivity contribution >= 4 is 17.2 Å². The minimum atomic E-state index is -2.80. The summed E-state index contributed by atoms with van der Waals surface area (Å²) in [6.07, 6.45) is 7.25. The average Bonchev–Trinajstić information content (AvgIpc) is 3.56. The van der Waals surface area contributed by atoms with Gasteiger partial charge in [-0.1, -0.05) is 0 Å². The standard InChI is InChI=1S/C21H22F2N10O/c22-19(23)18-16(12-31(29-18)13-3-1-4-13)28-21(34)14-11-26-30-10-6-15(27-20(14)30)17-5-8-25-33(17)32-9-2-7-24-32/h5-6,8,10-13,19,24H,1-4,7,9H2,(H,28,34). The number of hydrogen-bond acceptors (Lipinski definition) is 7. The van der Waals surface area contributed by atoms with Gasteiger partial charge in [-0.2, -0.15) is 20.1 Å². The SMILES string of the molecule is O=C(Nc1cn(C2CCC2)nc1C(F)F)c1cnn2ccc(-c3ccnn3N3CCCN3)nc12. The van der Waals surface area contributed by atoms with E-state index in [0.29, 0.717) is 11.3 Å². The van der Waals surface area contributed by atoms with E-state index in [-0.39, 0.29) is 17.3 Å². The van der Waals surface area contributed by atoms with E-state index in [1.165, 1.54) is 21.6 Å². The molecule has 0 aromatic carbocycles. The van der Waals surface area contributed by atoms with Gasteiger partial charge in [-0.3, -0.25) is 9.48 Å². The Bertz CT molecular complexity index is 1350. The lowest BCUT2D eigenvalue weighted by atomic mass is 9.93. The highest BCUT2D eigenvalue weighted by molar-refractivity contribution is 6.08.